The molecule has 0 aromatic rings. The number of rotatable bonds is 5. The lowest BCUT2D eigenvalue weighted by Crippen LogP contribution is -2.50. The molecule has 3 fully saturated rings. The van der Waals surface area contributed by atoms with Gasteiger partial charge in [-0.05, 0) is 123 Å². The van der Waals surface area contributed by atoms with Crippen molar-refractivity contribution in [2.75, 3.05) is 0 Å². The average molecular weight is 459 g/mol. The van der Waals surface area contributed by atoms with Gasteiger partial charge in [-0.2, -0.15) is 0 Å². The molecule has 0 unspecified atom stereocenters. The average Bonchev–Trinajstić information content (AvgIpc) is 3.03. The Kier molecular flexibility index (Phi) is 6.98. The SMILES string of the molecule is CC[C@]1(O)CC[C@@]2(C)C(=CCC[C@@H]3[C@@H]4CC[C@H]([C@H](C)[C@@H](O)CCC(C)(C)C)[C@@]4(C)CC[C@@H]32)C1. The molecule has 0 saturated heterocycles. The summed E-state index contributed by atoms with van der Waals surface area (Å²) in [5.41, 5.74) is 2.11. The van der Waals surface area contributed by atoms with Gasteiger partial charge in [0.1, 0.15) is 0 Å². The Hall–Kier alpha value is -0.340. The maximum Gasteiger partial charge on any atom is 0.0682 e. The van der Waals surface area contributed by atoms with Crippen molar-refractivity contribution in [2.24, 2.45) is 45.8 Å². The van der Waals surface area contributed by atoms with E-state index in [0.29, 0.717) is 28.1 Å². The van der Waals surface area contributed by atoms with Crippen molar-refractivity contribution in [2.45, 2.75) is 137 Å². The van der Waals surface area contributed by atoms with Gasteiger partial charge in [0.15, 0.2) is 0 Å². The molecule has 2 nitrogen and oxygen atoms in total. The monoisotopic (exact) mass is 458 g/mol. The van der Waals surface area contributed by atoms with Gasteiger partial charge < -0.3 is 10.2 Å². The van der Waals surface area contributed by atoms with Gasteiger partial charge in [-0.25, -0.2) is 0 Å². The minimum atomic E-state index is -0.467. The molecule has 0 aliphatic heterocycles. The van der Waals surface area contributed by atoms with E-state index in [9.17, 15) is 10.2 Å². The highest BCUT2D eigenvalue weighted by atomic mass is 16.3. The normalized spacial score (nSPS) is 45.3. The van der Waals surface area contributed by atoms with Crippen LogP contribution in [0.5, 0.6) is 0 Å². The Morgan fingerprint density at radius 3 is 2.42 bits per heavy atom. The number of hydrogen-bond donors (Lipinski definition) is 2. The first-order valence-electron chi connectivity index (χ1n) is 14.4. The summed E-state index contributed by atoms with van der Waals surface area (Å²) < 4.78 is 0. The van der Waals surface area contributed by atoms with Crippen LogP contribution in [0.3, 0.4) is 0 Å². The summed E-state index contributed by atoms with van der Waals surface area (Å²) in [5.74, 6) is 3.49. The van der Waals surface area contributed by atoms with Crippen LogP contribution in [0.1, 0.15) is 126 Å². The van der Waals surface area contributed by atoms with E-state index in [1.807, 2.05) is 0 Å². The molecule has 0 radical (unpaired) electrons. The van der Waals surface area contributed by atoms with Gasteiger partial charge in [-0.15, -0.1) is 0 Å². The smallest absolute Gasteiger partial charge is 0.0682 e. The molecule has 3 saturated carbocycles. The molecule has 0 amide bonds. The minimum absolute atomic E-state index is 0.160. The van der Waals surface area contributed by atoms with Crippen LogP contribution in [-0.4, -0.2) is 21.9 Å². The fraction of sp³-hybridized carbons (Fsp3) is 0.935. The van der Waals surface area contributed by atoms with Crippen LogP contribution in [0.2, 0.25) is 0 Å². The molecule has 0 aromatic heterocycles. The predicted octanol–water partition coefficient (Wildman–Crippen LogP) is 7.92. The fourth-order valence-corrected chi connectivity index (χ4v) is 9.28. The topological polar surface area (TPSA) is 40.5 Å². The first kappa shape index (κ1) is 25.7. The van der Waals surface area contributed by atoms with Crippen molar-refractivity contribution in [1.82, 2.24) is 0 Å². The van der Waals surface area contributed by atoms with Gasteiger partial charge in [0, 0.05) is 0 Å². The van der Waals surface area contributed by atoms with Gasteiger partial charge in [0.2, 0.25) is 0 Å². The summed E-state index contributed by atoms with van der Waals surface area (Å²) in [6.45, 7) is 16.6. The van der Waals surface area contributed by atoms with Gasteiger partial charge in [0.05, 0.1) is 11.7 Å². The molecule has 4 aliphatic rings. The zero-order valence-corrected chi connectivity index (χ0v) is 22.9. The molecule has 0 aromatic carbocycles. The minimum Gasteiger partial charge on any atom is -0.393 e. The molecule has 4 aliphatic carbocycles. The molecule has 33 heavy (non-hydrogen) atoms. The number of allylic oxidation sites excluding steroid dienone is 1. The Balaban J connectivity index is 1.51. The molecule has 0 bridgehead atoms. The lowest BCUT2D eigenvalue weighted by atomic mass is 9.49. The summed E-state index contributed by atoms with van der Waals surface area (Å²) in [5, 5.41) is 22.2. The van der Waals surface area contributed by atoms with E-state index in [1.54, 1.807) is 5.57 Å². The Bertz CT molecular complexity index is 734. The molecular formula is C31H54O2. The van der Waals surface area contributed by atoms with Crippen LogP contribution < -0.4 is 0 Å². The molecule has 190 valence electrons. The maximum atomic E-state index is 11.2. The zero-order valence-electron chi connectivity index (χ0n) is 22.9. The summed E-state index contributed by atoms with van der Waals surface area (Å²) in [6.07, 6.45) is 16.3. The number of hydrogen-bond acceptors (Lipinski definition) is 2. The van der Waals surface area contributed by atoms with Crippen LogP contribution in [0.4, 0.5) is 0 Å². The summed E-state index contributed by atoms with van der Waals surface area (Å²) >= 11 is 0. The first-order valence-corrected chi connectivity index (χ1v) is 14.4. The van der Waals surface area contributed by atoms with Crippen molar-refractivity contribution < 1.29 is 10.2 Å². The van der Waals surface area contributed by atoms with Gasteiger partial charge in [0.25, 0.3) is 0 Å². The van der Waals surface area contributed by atoms with E-state index in [0.717, 1.165) is 49.9 Å². The van der Waals surface area contributed by atoms with E-state index < -0.39 is 5.60 Å². The first-order chi connectivity index (χ1) is 15.3. The van der Waals surface area contributed by atoms with Crippen molar-refractivity contribution in [3.8, 4) is 0 Å². The second-order valence-corrected chi connectivity index (χ2v) is 14.6. The maximum absolute atomic E-state index is 11.2. The Morgan fingerprint density at radius 2 is 1.76 bits per heavy atom. The van der Waals surface area contributed by atoms with Crippen LogP contribution in [-0.2, 0) is 0 Å². The van der Waals surface area contributed by atoms with E-state index in [2.05, 4.69) is 54.5 Å². The lowest BCUT2D eigenvalue weighted by Gasteiger charge is -2.56. The van der Waals surface area contributed by atoms with Crippen LogP contribution in [0.25, 0.3) is 0 Å². The predicted molar refractivity (Wildman–Crippen MR) is 139 cm³/mol. The number of fused-ring (bicyclic) bond motifs is 5. The standard InChI is InChI=1S/C31H54O2/c1-8-31(33)19-18-29(6)22(20-31)10-9-11-23-25-13-12-24(30(25,7)17-14-26(23)29)21(2)27(32)15-16-28(3,4)5/h10,21,23-27,32-33H,8-9,11-20H2,1-7H3/t21-,23+,24+,25-,26-,27-,29-,30+,31-/m0/s1. The molecule has 2 heteroatoms. The molecule has 4 rings (SSSR count). The van der Waals surface area contributed by atoms with Gasteiger partial charge in [-0.3, -0.25) is 0 Å². The highest BCUT2D eigenvalue weighted by Gasteiger charge is 2.59. The molecule has 0 heterocycles. The largest absolute Gasteiger partial charge is 0.393 e. The molecular weight excluding hydrogens is 404 g/mol. The van der Waals surface area contributed by atoms with Crippen molar-refractivity contribution in [1.29, 1.82) is 0 Å². The molecule has 9 atom stereocenters. The van der Waals surface area contributed by atoms with Crippen LogP contribution >= 0.6 is 0 Å². The van der Waals surface area contributed by atoms with Crippen molar-refractivity contribution >= 4 is 0 Å². The highest BCUT2D eigenvalue weighted by molar-refractivity contribution is 5.25. The Morgan fingerprint density at radius 1 is 1.03 bits per heavy atom. The van der Waals surface area contributed by atoms with E-state index in [-0.39, 0.29) is 6.10 Å². The van der Waals surface area contributed by atoms with Gasteiger partial charge >= 0.3 is 0 Å². The van der Waals surface area contributed by atoms with Crippen molar-refractivity contribution in [3.05, 3.63) is 11.6 Å². The molecule has 0 spiro atoms. The summed E-state index contributed by atoms with van der Waals surface area (Å²) in [6, 6.07) is 0. The number of aliphatic hydroxyl groups is 2. The van der Waals surface area contributed by atoms with Crippen LogP contribution in [0.15, 0.2) is 11.6 Å². The summed E-state index contributed by atoms with van der Waals surface area (Å²) in [4.78, 5) is 0. The fourth-order valence-electron chi connectivity index (χ4n) is 9.28. The number of aliphatic hydroxyl groups excluding tert-OH is 1. The van der Waals surface area contributed by atoms with E-state index in [1.165, 1.54) is 44.9 Å². The van der Waals surface area contributed by atoms with E-state index in [4.69, 9.17) is 0 Å². The van der Waals surface area contributed by atoms with E-state index >= 15 is 0 Å². The third-order valence-electron chi connectivity index (χ3n) is 11.7. The van der Waals surface area contributed by atoms with Crippen molar-refractivity contribution in [3.63, 3.8) is 0 Å². The third-order valence-corrected chi connectivity index (χ3v) is 11.7. The van der Waals surface area contributed by atoms with Crippen LogP contribution in [0, 0.1) is 45.8 Å². The second-order valence-electron chi connectivity index (χ2n) is 14.6. The summed E-state index contributed by atoms with van der Waals surface area (Å²) in [7, 11) is 0. The third kappa shape index (κ3) is 4.62. The Labute approximate surface area is 205 Å². The highest BCUT2D eigenvalue weighted by Crippen LogP contribution is 2.67. The zero-order chi connectivity index (χ0) is 24.2. The quantitative estimate of drug-likeness (QED) is 0.411. The second kappa shape index (κ2) is 8.95. The lowest BCUT2D eigenvalue weighted by molar-refractivity contribution is -0.0753. The molecule has 2 N–H and O–H groups in total. The van der Waals surface area contributed by atoms with Gasteiger partial charge in [-0.1, -0.05) is 60.1 Å².